The van der Waals surface area contributed by atoms with Crippen LogP contribution in [0, 0.1) is 6.92 Å². The molecule has 0 bridgehead atoms. The number of oxime groups is 2. The third-order valence-electron chi connectivity index (χ3n) is 4.13. The number of para-hydroxylation sites is 1. The highest BCUT2D eigenvalue weighted by Crippen LogP contribution is 2.20. The van der Waals surface area contributed by atoms with Gasteiger partial charge in [0.1, 0.15) is 19.5 Å². The molecular formula is C21H24N2O6. The van der Waals surface area contributed by atoms with Crippen LogP contribution in [0.25, 0.3) is 0 Å². The molecule has 0 saturated heterocycles. The largest absolute Gasteiger partial charge is 0.467 e. The van der Waals surface area contributed by atoms with Crippen LogP contribution in [0.5, 0.6) is 5.75 Å². The Morgan fingerprint density at radius 3 is 2.45 bits per heavy atom. The van der Waals surface area contributed by atoms with Crippen LogP contribution in [-0.2, 0) is 25.8 Å². The molecule has 0 aliphatic heterocycles. The fourth-order valence-corrected chi connectivity index (χ4v) is 2.70. The number of aliphatic hydroxyl groups is 1. The Morgan fingerprint density at radius 2 is 1.76 bits per heavy atom. The van der Waals surface area contributed by atoms with Crippen molar-refractivity contribution in [2.24, 2.45) is 10.3 Å². The number of methoxy groups -OCH3 is 1. The minimum Gasteiger partial charge on any atom is -0.467 e. The summed E-state index contributed by atoms with van der Waals surface area (Å²) in [5.41, 5.74) is 3.47. The second-order valence-corrected chi connectivity index (χ2v) is 5.93. The zero-order valence-corrected chi connectivity index (χ0v) is 16.8. The second kappa shape index (κ2) is 10.8. The lowest BCUT2D eigenvalue weighted by molar-refractivity contribution is -0.132. The molecule has 0 unspecified atom stereocenters. The number of hydrogen-bond acceptors (Lipinski definition) is 8. The van der Waals surface area contributed by atoms with Crippen molar-refractivity contribution in [3.05, 3.63) is 64.7 Å². The fraction of sp³-hybridized carbons (Fsp3) is 0.286. The lowest BCUT2D eigenvalue weighted by Gasteiger charge is -2.13. The first-order valence-electron chi connectivity index (χ1n) is 8.81. The van der Waals surface area contributed by atoms with Crippen molar-refractivity contribution in [1.82, 2.24) is 0 Å². The van der Waals surface area contributed by atoms with Crippen molar-refractivity contribution in [2.45, 2.75) is 20.5 Å². The van der Waals surface area contributed by atoms with E-state index in [4.69, 9.17) is 24.3 Å². The van der Waals surface area contributed by atoms with Crippen LogP contribution in [0.3, 0.4) is 0 Å². The summed E-state index contributed by atoms with van der Waals surface area (Å²) in [6, 6.07) is 12.6. The standard InChI is InChI=1S/C21H24N2O6/c1-14-8-7-10-17(20(23-27-4)21(25)26-3)18(14)12-29-22-15(2)16-9-5-6-11-19(16)28-13-24/h5-11,24H,12-13H2,1-4H3/b22-15+,23-20+. The number of aliphatic hydroxyl groups excluding tert-OH is 1. The van der Waals surface area contributed by atoms with Gasteiger partial charge in [0, 0.05) is 16.7 Å². The van der Waals surface area contributed by atoms with E-state index in [1.807, 2.05) is 25.1 Å². The molecule has 2 rings (SSSR count). The van der Waals surface area contributed by atoms with Gasteiger partial charge in [-0.15, -0.1) is 0 Å². The third-order valence-corrected chi connectivity index (χ3v) is 4.13. The molecule has 0 spiro atoms. The number of hydrogen-bond donors (Lipinski definition) is 1. The Bertz CT molecular complexity index is 908. The molecule has 0 amide bonds. The maximum Gasteiger partial charge on any atom is 0.360 e. The van der Waals surface area contributed by atoms with Crippen molar-refractivity contribution in [1.29, 1.82) is 0 Å². The van der Waals surface area contributed by atoms with E-state index in [1.54, 1.807) is 31.2 Å². The lowest BCUT2D eigenvalue weighted by Crippen LogP contribution is -2.20. The predicted octanol–water partition coefficient (Wildman–Crippen LogP) is 2.79. The minimum atomic E-state index is -0.617. The minimum absolute atomic E-state index is 0.0414. The van der Waals surface area contributed by atoms with E-state index in [9.17, 15) is 4.79 Å². The maximum atomic E-state index is 12.1. The van der Waals surface area contributed by atoms with E-state index in [1.165, 1.54) is 14.2 Å². The van der Waals surface area contributed by atoms with Crippen LogP contribution in [0.2, 0.25) is 0 Å². The zero-order valence-electron chi connectivity index (χ0n) is 16.8. The molecule has 0 heterocycles. The molecule has 0 aromatic heterocycles. The van der Waals surface area contributed by atoms with Crippen molar-refractivity contribution < 1.29 is 29.0 Å². The molecule has 0 atom stereocenters. The average molecular weight is 400 g/mol. The van der Waals surface area contributed by atoms with Gasteiger partial charge in [0.05, 0.1) is 12.8 Å². The van der Waals surface area contributed by atoms with Gasteiger partial charge in [-0.3, -0.25) is 0 Å². The Labute approximate surface area is 169 Å². The van der Waals surface area contributed by atoms with Gasteiger partial charge >= 0.3 is 5.97 Å². The van der Waals surface area contributed by atoms with Crippen LogP contribution >= 0.6 is 0 Å². The van der Waals surface area contributed by atoms with Crippen LogP contribution < -0.4 is 4.74 Å². The lowest BCUT2D eigenvalue weighted by atomic mass is 9.99. The van der Waals surface area contributed by atoms with E-state index in [0.29, 0.717) is 22.6 Å². The van der Waals surface area contributed by atoms with Gasteiger partial charge in [-0.05, 0) is 31.5 Å². The number of aryl methyl sites for hydroxylation is 1. The van der Waals surface area contributed by atoms with Gasteiger partial charge in [0.25, 0.3) is 0 Å². The molecule has 0 aliphatic rings. The van der Waals surface area contributed by atoms with E-state index in [0.717, 1.165) is 11.1 Å². The number of ether oxygens (including phenoxy) is 2. The molecule has 0 saturated carbocycles. The summed E-state index contributed by atoms with van der Waals surface area (Å²) in [5, 5.41) is 17.0. The van der Waals surface area contributed by atoms with Gasteiger partial charge in [-0.25, -0.2) is 4.79 Å². The van der Waals surface area contributed by atoms with Crippen LogP contribution in [0.1, 0.15) is 29.2 Å². The Morgan fingerprint density at radius 1 is 1.03 bits per heavy atom. The van der Waals surface area contributed by atoms with Gasteiger partial charge in [-0.1, -0.05) is 40.6 Å². The summed E-state index contributed by atoms with van der Waals surface area (Å²) >= 11 is 0. The molecule has 1 N–H and O–H groups in total. The number of carbonyl (C=O) groups excluding carboxylic acids is 1. The number of benzene rings is 2. The van der Waals surface area contributed by atoms with E-state index < -0.39 is 12.8 Å². The fourth-order valence-electron chi connectivity index (χ4n) is 2.70. The summed E-state index contributed by atoms with van der Waals surface area (Å²) < 4.78 is 9.99. The number of carbonyl (C=O) groups is 1. The van der Waals surface area contributed by atoms with Crippen molar-refractivity contribution in [3.8, 4) is 5.75 Å². The van der Waals surface area contributed by atoms with E-state index in [-0.39, 0.29) is 12.3 Å². The third kappa shape index (κ3) is 5.55. The molecule has 0 radical (unpaired) electrons. The average Bonchev–Trinajstić information content (AvgIpc) is 2.73. The zero-order chi connectivity index (χ0) is 21.2. The summed E-state index contributed by atoms with van der Waals surface area (Å²) in [7, 11) is 2.63. The first kappa shape index (κ1) is 21.9. The molecule has 29 heavy (non-hydrogen) atoms. The molecule has 154 valence electrons. The van der Waals surface area contributed by atoms with Gasteiger partial charge in [0.15, 0.2) is 12.5 Å². The van der Waals surface area contributed by atoms with Crippen LogP contribution in [0.15, 0.2) is 52.8 Å². The Balaban J connectivity index is 2.28. The van der Waals surface area contributed by atoms with E-state index >= 15 is 0 Å². The molecule has 8 heteroatoms. The van der Waals surface area contributed by atoms with E-state index in [2.05, 4.69) is 10.3 Å². The van der Waals surface area contributed by atoms with Crippen LogP contribution in [0.4, 0.5) is 0 Å². The second-order valence-electron chi connectivity index (χ2n) is 5.93. The first-order chi connectivity index (χ1) is 14.0. The summed E-state index contributed by atoms with van der Waals surface area (Å²) in [5.74, 6) is -0.120. The molecule has 8 nitrogen and oxygen atoms in total. The smallest absolute Gasteiger partial charge is 0.360 e. The highest BCUT2D eigenvalue weighted by molar-refractivity contribution is 6.43. The molecule has 2 aromatic carbocycles. The first-order valence-corrected chi connectivity index (χ1v) is 8.81. The molecule has 2 aromatic rings. The SMILES string of the molecule is CO/N=C(/C(=O)OC)c1cccc(C)c1CO/N=C(\C)c1ccccc1OCO. The Kier molecular flexibility index (Phi) is 8.17. The number of esters is 1. The number of nitrogens with zero attached hydrogens (tertiary/aromatic N) is 2. The summed E-state index contributed by atoms with van der Waals surface area (Å²) in [6.07, 6.45) is 0. The monoisotopic (exact) mass is 400 g/mol. The van der Waals surface area contributed by atoms with Crippen LogP contribution in [-0.4, -0.2) is 43.5 Å². The highest BCUT2D eigenvalue weighted by atomic mass is 16.6. The summed E-state index contributed by atoms with van der Waals surface area (Å²) in [6.45, 7) is 3.32. The number of rotatable bonds is 9. The molecule has 0 aliphatic carbocycles. The normalized spacial score (nSPS) is 11.8. The molecular weight excluding hydrogens is 376 g/mol. The highest BCUT2D eigenvalue weighted by Gasteiger charge is 2.20. The van der Waals surface area contributed by atoms with Crippen molar-refractivity contribution in [2.75, 3.05) is 21.0 Å². The maximum absolute atomic E-state index is 12.1. The van der Waals surface area contributed by atoms with Gasteiger partial charge in [0.2, 0.25) is 0 Å². The molecule has 0 fully saturated rings. The Hall–Kier alpha value is -3.39. The quantitative estimate of drug-likeness (QED) is 0.301. The van der Waals surface area contributed by atoms with Gasteiger partial charge in [-0.2, -0.15) is 0 Å². The van der Waals surface area contributed by atoms with Crippen molar-refractivity contribution in [3.63, 3.8) is 0 Å². The van der Waals surface area contributed by atoms with Gasteiger partial charge < -0.3 is 24.3 Å². The predicted molar refractivity (Wildman–Crippen MR) is 108 cm³/mol. The topological polar surface area (TPSA) is 98.9 Å². The summed E-state index contributed by atoms with van der Waals surface area (Å²) in [4.78, 5) is 22.4. The van der Waals surface area contributed by atoms with Crippen molar-refractivity contribution >= 4 is 17.4 Å².